The van der Waals surface area contributed by atoms with Crippen LogP contribution in [0.15, 0.2) is 72.8 Å². The molecule has 3 aliphatic carbocycles. The number of hydrogen-bond acceptors (Lipinski definition) is 5. The van der Waals surface area contributed by atoms with Crippen molar-refractivity contribution in [2.45, 2.75) is 76.0 Å². The maximum absolute atomic E-state index is 14.0. The highest BCUT2D eigenvalue weighted by molar-refractivity contribution is 6.31. The van der Waals surface area contributed by atoms with Crippen molar-refractivity contribution in [2.75, 3.05) is 5.32 Å². The van der Waals surface area contributed by atoms with Gasteiger partial charge in [0.25, 0.3) is 0 Å². The van der Waals surface area contributed by atoms with Gasteiger partial charge in [-0.25, -0.2) is 0 Å². The Balaban J connectivity index is 1.20. The maximum atomic E-state index is 14.0. The molecule has 4 aliphatic rings. The maximum Gasteiger partial charge on any atom is 0.246 e. The summed E-state index contributed by atoms with van der Waals surface area (Å²) in [6.45, 7) is 2.12. The molecule has 8 nitrogen and oxygen atoms in total. The third kappa shape index (κ3) is 6.14. The van der Waals surface area contributed by atoms with Crippen LogP contribution >= 0.6 is 11.6 Å². The van der Waals surface area contributed by atoms with Gasteiger partial charge in [-0.1, -0.05) is 66.2 Å². The molecule has 0 spiro atoms. The normalized spacial score (nSPS) is 23.8. The molecule has 2 atom stereocenters. The van der Waals surface area contributed by atoms with E-state index in [2.05, 4.69) is 10.6 Å². The van der Waals surface area contributed by atoms with E-state index in [1.807, 2.05) is 37.3 Å². The number of aryl methyl sites for hydroxylation is 1. The van der Waals surface area contributed by atoms with Gasteiger partial charge in [0.05, 0.1) is 0 Å². The van der Waals surface area contributed by atoms with E-state index >= 15 is 0 Å². The van der Waals surface area contributed by atoms with Gasteiger partial charge in [0, 0.05) is 47.6 Å². The highest BCUT2D eigenvalue weighted by Crippen LogP contribution is 2.68. The second-order valence-electron chi connectivity index (χ2n) is 12.9. The molecule has 0 radical (unpaired) electrons. The number of hydrogen-bond donors (Lipinski definition) is 3. The highest BCUT2D eigenvalue weighted by atomic mass is 35.5. The first-order valence-electron chi connectivity index (χ1n) is 15.1. The Labute approximate surface area is 262 Å². The summed E-state index contributed by atoms with van der Waals surface area (Å²) in [6, 6.07) is 20.3. The Bertz CT molecular complexity index is 1600. The van der Waals surface area contributed by atoms with Gasteiger partial charge in [-0.05, 0) is 72.9 Å². The molecular formula is C35H37ClN4O4. The lowest BCUT2D eigenvalue weighted by Crippen LogP contribution is -2.73. The molecule has 1 aliphatic heterocycles. The minimum Gasteiger partial charge on any atom is -0.342 e. The monoisotopic (exact) mass is 612 g/mol. The molecule has 3 aromatic carbocycles. The van der Waals surface area contributed by atoms with Crippen LogP contribution in [0.4, 0.5) is 5.69 Å². The molecule has 7 rings (SSSR count). The van der Waals surface area contributed by atoms with Gasteiger partial charge in [0.15, 0.2) is 5.78 Å². The molecule has 3 fully saturated rings. The summed E-state index contributed by atoms with van der Waals surface area (Å²) in [4.78, 5) is 55.6. The fourth-order valence-electron chi connectivity index (χ4n) is 7.32. The van der Waals surface area contributed by atoms with Crippen LogP contribution in [0.2, 0.25) is 5.02 Å². The fraction of sp³-hybridized carbons (Fsp3) is 0.371. The van der Waals surface area contributed by atoms with Gasteiger partial charge in [0.2, 0.25) is 17.7 Å². The number of Topliss-reactive ketones (excluding diaryl/α,β-unsaturated/α-hetero) is 1. The summed E-state index contributed by atoms with van der Waals surface area (Å²) < 4.78 is 0. The molecule has 3 amide bonds. The lowest BCUT2D eigenvalue weighted by molar-refractivity contribution is -0.151. The number of rotatable bonds is 10. The SMILES string of the molecule is Cc1cc(NC(=O)C(CC23CC(N)(C2)C3)NC(=O)C2Cc3ccccc3CN2C(=O)CCC(=O)c2ccccc2)ccc1Cl. The quantitative estimate of drug-likeness (QED) is 0.280. The Morgan fingerprint density at radius 2 is 1.64 bits per heavy atom. The summed E-state index contributed by atoms with van der Waals surface area (Å²) in [5, 5.41) is 6.57. The third-order valence-electron chi connectivity index (χ3n) is 9.41. The van der Waals surface area contributed by atoms with Gasteiger partial charge in [0.1, 0.15) is 12.1 Å². The van der Waals surface area contributed by atoms with Crippen LogP contribution in [0.1, 0.15) is 65.6 Å². The van der Waals surface area contributed by atoms with Crippen LogP contribution in [-0.4, -0.2) is 46.0 Å². The topological polar surface area (TPSA) is 122 Å². The first-order valence-corrected chi connectivity index (χ1v) is 15.5. The number of ketones is 1. The number of anilines is 1. The Morgan fingerprint density at radius 1 is 0.955 bits per heavy atom. The number of fused-ring (bicyclic) bond motifs is 1. The first-order chi connectivity index (χ1) is 21.0. The largest absolute Gasteiger partial charge is 0.342 e. The summed E-state index contributed by atoms with van der Waals surface area (Å²) >= 11 is 6.18. The average Bonchev–Trinajstić information content (AvgIpc) is 2.99. The first kappa shape index (κ1) is 30.0. The van der Waals surface area contributed by atoms with E-state index in [0.717, 1.165) is 36.0 Å². The number of amides is 3. The smallest absolute Gasteiger partial charge is 0.246 e. The molecule has 44 heavy (non-hydrogen) atoms. The lowest BCUT2D eigenvalue weighted by Gasteiger charge is -2.70. The van der Waals surface area contributed by atoms with E-state index in [4.69, 9.17) is 17.3 Å². The van der Waals surface area contributed by atoms with E-state index in [1.165, 1.54) is 0 Å². The highest BCUT2D eigenvalue weighted by Gasteiger charge is 2.66. The number of halogens is 1. The minimum atomic E-state index is -0.814. The number of nitrogens with zero attached hydrogens (tertiary/aromatic N) is 1. The van der Waals surface area contributed by atoms with E-state index < -0.39 is 12.1 Å². The van der Waals surface area contributed by atoms with Crippen LogP contribution in [-0.2, 0) is 27.3 Å². The van der Waals surface area contributed by atoms with Crippen molar-refractivity contribution in [3.05, 3.63) is 100 Å². The molecule has 1 heterocycles. The lowest BCUT2D eigenvalue weighted by atomic mass is 9.38. The minimum absolute atomic E-state index is 0.0127. The molecule has 2 bridgehead atoms. The average molecular weight is 613 g/mol. The molecule has 2 unspecified atom stereocenters. The number of nitrogens with two attached hydrogens (primary N) is 1. The molecule has 0 saturated heterocycles. The second kappa shape index (κ2) is 11.8. The molecule has 4 N–H and O–H groups in total. The zero-order chi connectivity index (χ0) is 31.1. The Kier molecular flexibility index (Phi) is 8.07. The number of benzene rings is 3. The predicted octanol–water partition coefficient (Wildman–Crippen LogP) is 4.96. The zero-order valence-electron chi connectivity index (χ0n) is 24.8. The van der Waals surface area contributed by atoms with Crippen molar-refractivity contribution in [3.8, 4) is 0 Å². The van der Waals surface area contributed by atoms with E-state index in [-0.39, 0.29) is 53.8 Å². The Morgan fingerprint density at radius 3 is 2.32 bits per heavy atom. The van der Waals surface area contributed by atoms with Crippen molar-refractivity contribution in [2.24, 2.45) is 11.1 Å². The van der Waals surface area contributed by atoms with Crippen LogP contribution < -0.4 is 16.4 Å². The van der Waals surface area contributed by atoms with Gasteiger partial charge in [-0.15, -0.1) is 0 Å². The van der Waals surface area contributed by atoms with Gasteiger partial charge < -0.3 is 21.3 Å². The van der Waals surface area contributed by atoms with E-state index in [1.54, 1.807) is 47.4 Å². The Hall–Kier alpha value is -4.01. The number of carbonyl (C=O) groups is 4. The van der Waals surface area contributed by atoms with Gasteiger partial charge >= 0.3 is 0 Å². The number of nitrogens with one attached hydrogen (secondary N) is 2. The zero-order valence-corrected chi connectivity index (χ0v) is 25.5. The summed E-state index contributed by atoms with van der Waals surface area (Å²) in [6.07, 6.45) is 3.32. The molecule has 3 aromatic rings. The van der Waals surface area contributed by atoms with E-state index in [0.29, 0.717) is 29.1 Å². The van der Waals surface area contributed by atoms with Crippen molar-refractivity contribution in [1.82, 2.24) is 10.2 Å². The summed E-state index contributed by atoms with van der Waals surface area (Å²) in [5.74, 6) is -1.10. The standard InChI is InChI=1S/C35H37ClN4O4/c1-22-15-26(11-12-27(22)36)38-32(43)28(17-34-19-35(37,20-34)21-34)39-33(44)29-16-24-9-5-6-10-25(24)18-40(29)31(42)14-13-30(41)23-7-3-2-4-8-23/h2-12,15,28-29H,13-14,16-21,37H2,1H3,(H,38,43)(H,39,44). The van der Waals surface area contributed by atoms with Crippen LogP contribution in [0, 0.1) is 12.3 Å². The third-order valence-corrected chi connectivity index (χ3v) is 9.83. The van der Waals surface area contributed by atoms with E-state index in [9.17, 15) is 19.2 Å². The van der Waals surface area contributed by atoms with Crippen molar-refractivity contribution < 1.29 is 19.2 Å². The molecule has 3 saturated carbocycles. The predicted molar refractivity (Wildman–Crippen MR) is 169 cm³/mol. The molecule has 0 aromatic heterocycles. The molecule has 228 valence electrons. The van der Waals surface area contributed by atoms with Crippen molar-refractivity contribution in [3.63, 3.8) is 0 Å². The van der Waals surface area contributed by atoms with Gasteiger partial charge in [-0.2, -0.15) is 0 Å². The molecular weight excluding hydrogens is 576 g/mol. The van der Waals surface area contributed by atoms with Crippen LogP contribution in [0.3, 0.4) is 0 Å². The fourth-order valence-corrected chi connectivity index (χ4v) is 7.43. The van der Waals surface area contributed by atoms with Crippen molar-refractivity contribution >= 4 is 40.8 Å². The van der Waals surface area contributed by atoms with Crippen LogP contribution in [0.25, 0.3) is 0 Å². The second-order valence-corrected chi connectivity index (χ2v) is 13.3. The summed E-state index contributed by atoms with van der Waals surface area (Å²) in [7, 11) is 0. The number of carbonyl (C=O) groups excluding carboxylic acids is 4. The van der Waals surface area contributed by atoms with Gasteiger partial charge in [-0.3, -0.25) is 19.2 Å². The van der Waals surface area contributed by atoms with Crippen LogP contribution in [0.5, 0.6) is 0 Å². The van der Waals surface area contributed by atoms with Crippen molar-refractivity contribution in [1.29, 1.82) is 0 Å². The summed E-state index contributed by atoms with van der Waals surface area (Å²) in [5.41, 5.74) is 10.0. The molecule has 9 heteroatoms.